The van der Waals surface area contributed by atoms with Crippen molar-refractivity contribution in [2.24, 2.45) is 7.05 Å². The molecule has 2 N–H and O–H groups in total. The number of thiophene rings is 1. The molecule has 0 saturated heterocycles. The van der Waals surface area contributed by atoms with E-state index in [9.17, 15) is 9.59 Å². The summed E-state index contributed by atoms with van der Waals surface area (Å²) >= 11 is 0.981. The maximum atomic E-state index is 12.0. The van der Waals surface area contributed by atoms with Crippen LogP contribution in [-0.2, 0) is 13.5 Å². The third-order valence-corrected chi connectivity index (χ3v) is 4.86. The summed E-state index contributed by atoms with van der Waals surface area (Å²) in [4.78, 5) is 28.0. The Labute approximate surface area is 142 Å². The van der Waals surface area contributed by atoms with Gasteiger partial charge in [-0.25, -0.2) is 9.78 Å². The number of aromatic carboxylic acids is 1. The fourth-order valence-corrected chi connectivity index (χ4v) is 3.29. The second-order valence-corrected chi connectivity index (χ2v) is 6.49. The second kappa shape index (κ2) is 6.84. The molecule has 1 amide bonds. The Bertz CT molecular complexity index is 898. The van der Waals surface area contributed by atoms with Gasteiger partial charge in [-0.2, -0.15) is 0 Å². The van der Waals surface area contributed by atoms with E-state index in [1.54, 1.807) is 0 Å². The van der Waals surface area contributed by atoms with Gasteiger partial charge in [0.2, 0.25) is 0 Å². The molecule has 0 fully saturated rings. The fraction of sp³-hybridized carbons (Fsp3) is 0.235. The monoisotopic (exact) mass is 343 g/mol. The number of aromatic nitrogens is 2. The maximum absolute atomic E-state index is 12.0. The molecule has 24 heavy (non-hydrogen) atoms. The summed E-state index contributed by atoms with van der Waals surface area (Å²) in [6.07, 6.45) is 1.52. The smallest absolute Gasteiger partial charge is 0.345 e. The molecule has 0 aliphatic heterocycles. The lowest BCUT2D eigenvalue weighted by atomic mass is 10.3. The Hall–Kier alpha value is -2.67. The van der Waals surface area contributed by atoms with Crippen LogP contribution in [0.5, 0.6) is 0 Å². The standard InChI is InChI=1S/C17H17N3O3S/c1-20-12-6-3-2-5-11(12)19-15(20)7-4-10-18-16(21)13-8-9-14(24-13)17(22)23/h2-3,5-6,8-9H,4,7,10H2,1H3,(H,18,21)(H,22,23). The fourth-order valence-electron chi connectivity index (χ4n) is 2.53. The van der Waals surface area contributed by atoms with Crippen molar-refractivity contribution in [2.75, 3.05) is 6.54 Å². The first kappa shape index (κ1) is 16.2. The number of carbonyl (C=O) groups is 2. The molecule has 7 heteroatoms. The van der Waals surface area contributed by atoms with Crippen molar-refractivity contribution in [1.29, 1.82) is 0 Å². The Morgan fingerprint density at radius 2 is 1.96 bits per heavy atom. The Morgan fingerprint density at radius 3 is 2.67 bits per heavy atom. The highest BCUT2D eigenvalue weighted by Gasteiger charge is 2.12. The van der Waals surface area contributed by atoms with Crippen LogP contribution in [-0.4, -0.2) is 33.1 Å². The SMILES string of the molecule is Cn1c(CCCNC(=O)c2ccc(C(=O)O)s2)nc2ccccc21. The van der Waals surface area contributed by atoms with Crippen LogP contribution in [0, 0.1) is 0 Å². The Morgan fingerprint density at radius 1 is 1.21 bits per heavy atom. The first-order chi connectivity index (χ1) is 11.6. The molecule has 0 unspecified atom stereocenters. The van der Waals surface area contributed by atoms with E-state index in [0.29, 0.717) is 11.4 Å². The molecule has 2 heterocycles. The lowest BCUT2D eigenvalue weighted by Crippen LogP contribution is -2.24. The first-order valence-corrected chi connectivity index (χ1v) is 8.39. The van der Waals surface area contributed by atoms with Crippen molar-refractivity contribution in [1.82, 2.24) is 14.9 Å². The number of carboxylic acid groups (broad SMARTS) is 1. The Kier molecular flexibility index (Phi) is 4.61. The normalized spacial score (nSPS) is 10.9. The summed E-state index contributed by atoms with van der Waals surface area (Å²) in [6, 6.07) is 10.9. The number of para-hydroxylation sites is 2. The minimum Gasteiger partial charge on any atom is -0.477 e. The lowest BCUT2D eigenvalue weighted by Gasteiger charge is -2.04. The molecule has 0 saturated carbocycles. The number of hydrogen-bond acceptors (Lipinski definition) is 4. The molecule has 2 aromatic heterocycles. The molecule has 3 rings (SSSR count). The first-order valence-electron chi connectivity index (χ1n) is 7.58. The molecule has 3 aromatic rings. The summed E-state index contributed by atoms with van der Waals surface area (Å²) < 4.78 is 2.07. The quantitative estimate of drug-likeness (QED) is 0.674. The summed E-state index contributed by atoms with van der Waals surface area (Å²) in [5.74, 6) is -0.270. The molecule has 0 aliphatic rings. The molecule has 0 atom stereocenters. The van der Waals surface area contributed by atoms with Gasteiger partial charge in [-0.05, 0) is 30.7 Å². The Balaban J connectivity index is 1.53. The van der Waals surface area contributed by atoms with Gasteiger partial charge in [0, 0.05) is 20.0 Å². The molecule has 0 spiro atoms. The van der Waals surface area contributed by atoms with Gasteiger partial charge in [0.15, 0.2) is 0 Å². The van der Waals surface area contributed by atoms with Gasteiger partial charge < -0.3 is 15.0 Å². The number of fused-ring (bicyclic) bond motifs is 1. The van der Waals surface area contributed by atoms with E-state index in [-0.39, 0.29) is 10.8 Å². The third-order valence-electron chi connectivity index (χ3n) is 3.78. The average molecular weight is 343 g/mol. The van der Waals surface area contributed by atoms with Crippen LogP contribution < -0.4 is 5.32 Å². The predicted molar refractivity (Wildman–Crippen MR) is 92.6 cm³/mol. The number of aryl methyl sites for hydroxylation is 2. The van der Waals surface area contributed by atoms with E-state index in [1.165, 1.54) is 12.1 Å². The summed E-state index contributed by atoms with van der Waals surface area (Å²) in [6.45, 7) is 0.516. The van der Waals surface area contributed by atoms with Crippen LogP contribution in [0.15, 0.2) is 36.4 Å². The van der Waals surface area contributed by atoms with Gasteiger partial charge in [0.05, 0.1) is 15.9 Å². The number of amides is 1. The second-order valence-electron chi connectivity index (χ2n) is 5.40. The predicted octanol–water partition coefficient (Wildman–Crippen LogP) is 2.70. The third kappa shape index (κ3) is 3.30. The summed E-state index contributed by atoms with van der Waals surface area (Å²) in [5.41, 5.74) is 2.06. The van der Waals surface area contributed by atoms with Gasteiger partial charge in [-0.15, -0.1) is 11.3 Å². The van der Waals surface area contributed by atoms with E-state index in [1.807, 2.05) is 31.3 Å². The highest BCUT2D eigenvalue weighted by atomic mass is 32.1. The van der Waals surface area contributed by atoms with Crippen LogP contribution in [0.1, 0.15) is 31.6 Å². The molecule has 0 bridgehead atoms. The van der Waals surface area contributed by atoms with Crippen molar-refractivity contribution >= 4 is 34.2 Å². The summed E-state index contributed by atoms with van der Waals surface area (Å²) in [5, 5.41) is 11.7. The van der Waals surface area contributed by atoms with E-state index in [0.717, 1.165) is 41.0 Å². The van der Waals surface area contributed by atoms with Crippen molar-refractivity contribution in [3.05, 3.63) is 52.0 Å². The highest BCUT2D eigenvalue weighted by Crippen LogP contribution is 2.17. The minimum absolute atomic E-state index is 0.167. The van der Waals surface area contributed by atoms with E-state index in [2.05, 4.69) is 14.9 Å². The summed E-state index contributed by atoms with van der Waals surface area (Å²) in [7, 11) is 1.99. The number of hydrogen-bond donors (Lipinski definition) is 2. The maximum Gasteiger partial charge on any atom is 0.345 e. The highest BCUT2D eigenvalue weighted by molar-refractivity contribution is 7.15. The number of carboxylic acids is 1. The van der Waals surface area contributed by atoms with Crippen LogP contribution >= 0.6 is 11.3 Å². The number of rotatable bonds is 6. The lowest BCUT2D eigenvalue weighted by molar-refractivity contribution is 0.0702. The van der Waals surface area contributed by atoms with Gasteiger partial charge >= 0.3 is 5.97 Å². The van der Waals surface area contributed by atoms with E-state index < -0.39 is 5.97 Å². The number of benzene rings is 1. The zero-order valence-corrected chi connectivity index (χ0v) is 14.0. The number of imidazole rings is 1. The van der Waals surface area contributed by atoms with Crippen molar-refractivity contribution < 1.29 is 14.7 Å². The van der Waals surface area contributed by atoms with Gasteiger partial charge in [0.1, 0.15) is 10.7 Å². The zero-order valence-electron chi connectivity index (χ0n) is 13.2. The minimum atomic E-state index is -1.01. The molecule has 1 aromatic carbocycles. The topological polar surface area (TPSA) is 84.2 Å². The molecule has 124 valence electrons. The zero-order chi connectivity index (χ0) is 17.1. The van der Waals surface area contributed by atoms with Crippen molar-refractivity contribution in [3.63, 3.8) is 0 Å². The molecule has 6 nitrogen and oxygen atoms in total. The van der Waals surface area contributed by atoms with Crippen molar-refractivity contribution in [3.8, 4) is 0 Å². The average Bonchev–Trinajstić information content (AvgIpc) is 3.18. The molecular formula is C17H17N3O3S. The largest absolute Gasteiger partial charge is 0.477 e. The molecule has 0 aliphatic carbocycles. The van der Waals surface area contributed by atoms with Crippen molar-refractivity contribution in [2.45, 2.75) is 12.8 Å². The van der Waals surface area contributed by atoms with Gasteiger partial charge in [0.25, 0.3) is 5.91 Å². The van der Waals surface area contributed by atoms with Crippen LogP contribution in [0.25, 0.3) is 11.0 Å². The molecular weight excluding hydrogens is 326 g/mol. The van der Waals surface area contributed by atoms with Crippen LogP contribution in [0.3, 0.4) is 0 Å². The number of carbonyl (C=O) groups excluding carboxylic acids is 1. The number of nitrogens with zero attached hydrogens (tertiary/aromatic N) is 2. The van der Waals surface area contributed by atoms with Crippen LogP contribution in [0.2, 0.25) is 0 Å². The van der Waals surface area contributed by atoms with Gasteiger partial charge in [-0.3, -0.25) is 4.79 Å². The van der Waals surface area contributed by atoms with Gasteiger partial charge in [-0.1, -0.05) is 12.1 Å². The van der Waals surface area contributed by atoms with Crippen LogP contribution in [0.4, 0.5) is 0 Å². The van der Waals surface area contributed by atoms with E-state index in [4.69, 9.17) is 5.11 Å². The number of nitrogens with one attached hydrogen (secondary N) is 1. The van der Waals surface area contributed by atoms with E-state index >= 15 is 0 Å². The molecule has 0 radical (unpaired) electrons.